The van der Waals surface area contributed by atoms with Crippen molar-refractivity contribution in [2.45, 2.75) is 0 Å². The summed E-state index contributed by atoms with van der Waals surface area (Å²) in [5.74, 6) is 0. The molecule has 0 spiro atoms. The van der Waals surface area contributed by atoms with Crippen molar-refractivity contribution in [2.24, 2.45) is 0 Å². The maximum atomic E-state index is 4.91. The van der Waals surface area contributed by atoms with Crippen LogP contribution in [0.4, 0.5) is 0 Å². The smallest absolute Gasteiger partial charge is 0.0707 e. The fourth-order valence-electron chi connectivity index (χ4n) is 2.14. The predicted octanol–water partition coefficient (Wildman–Crippen LogP) is 4.75. The number of para-hydroxylation sites is 1. The van der Waals surface area contributed by atoms with E-state index in [2.05, 4.69) is 35.3 Å². The van der Waals surface area contributed by atoms with Gasteiger partial charge in [-0.25, -0.2) is 0 Å². The van der Waals surface area contributed by atoms with Crippen LogP contribution in [0.1, 0.15) is 16.7 Å². The minimum absolute atomic E-state index is 1.02. The lowest BCUT2D eigenvalue weighted by atomic mass is 10.1. The van der Waals surface area contributed by atoms with Crippen LogP contribution in [0.3, 0.4) is 0 Å². The number of nitrogens with zero attached hydrogens (tertiary/aromatic N) is 1. The Labute approximate surface area is 123 Å². The van der Waals surface area contributed by atoms with Gasteiger partial charge in [0, 0.05) is 17.0 Å². The number of benzene rings is 2. The first-order valence-electron chi connectivity index (χ1n) is 6.44. The molecule has 0 bridgehead atoms. The number of hydrogen-bond acceptors (Lipinski definition) is 2. The maximum absolute atomic E-state index is 4.91. The highest BCUT2D eigenvalue weighted by Crippen LogP contribution is 2.18. The average Bonchev–Trinajstić information content (AvgIpc) is 2.53. The molecule has 2 heteroatoms. The van der Waals surface area contributed by atoms with E-state index in [0.29, 0.717) is 0 Å². The van der Waals surface area contributed by atoms with Gasteiger partial charge in [-0.2, -0.15) is 0 Å². The molecule has 0 fully saturated rings. The second-order valence-corrected chi connectivity index (χ2v) is 4.77. The van der Waals surface area contributed by atoms with Gasteiger partial charge in [-0.05, 0) is 28.8 Å². The van der Waals surface area contributed by atoms with Crippen molar-refractivity contribution in [1.29, 1.82) is 0 Å². The molecule has 0 saturated carbocycles. The van der Waals surface area contributed by atoms with Gasteiger partial charge in [0.1, 0.15) is 0 Å². The van der Waals surface area contributed by atoms with Gasteiger partial charge in [-0.15, -0.1) is 0 Å². The van der Waals surface area contributed by atoms with Gasteiger partial charge < -0.3 is 0 Å². The number of fused-ring (bicyclic) bond motifs is 1. The Kier molecular flexibility index (Phi) is 3.66. The molecule has 3 rings (SSSR count). The third kappa shape index (κ3) is 2.65. The summed E-state index contributed by atoms with van der Waals surface area (Å²) in [6.45, 7) is 0. The van der Waals surface area contributed by atoms with Gasteiger partial charge in [0.25, 0.3) is 0 Å². The summed E-state index contributed by atoms with van der Waals surface area (Å²) in [5.41, 5.74) is 4.42. The standard InChI is InChI=1S/C18H13NS/c20-13-15-7-5-14(6-8-15)9-10-16-11-12-19-18-4-2-1-3-17(16)18/h1-13H/b10-9+. The molecule has 0 atom stereocenters. The molecule has 2 aromatic carbocycles. The zero-order chi connectivity index (χ0) is 13.8. The second kappa shape index (κ2) is 5.76. The van der Waals surface area contributed by atoms with Crippen molar-refractivity contribution in [2.75, 3.05) is 0 Å². The monoisotopic (exact) mass is 275 g/mol. The van der Waals surface area contributed by atoms with Crippen molar-refractivity contribution in [3.63, 3.8) is 0 Å². The lowest BCUT2D eigenvalue weighted by Crippen LogP contribution is -1.82. The zero-order valence-electron chi connectivity index (χ0n) is 10.9. The van der Waals surface area contributed by atoms with Crippen LogP contribution in [-0.2, 0) is 0 Å². The van der Waals surface area contributed by atoms with E-state index in [-0.39, 0.29) is 0 Å². The van der Waals surface area contributed by atoms with Gasteiger partial charge in [0.2, 0.25) is 0 Å². The molecule has 0 aliphatic heterocycles. The topological polar surface area (TPSA) is 12.9 Å². The molecule has 96 valence electrons. The van der Waals surface area contributed by atoms with Crippen LogP contribution in [0, 0.1) is 0 Å². The number of hydrogen-bond donors (Lipinski definition) is 0. The lowest BCUT2D eigenvalue weighted by Gasteiger charge is -2.01. The zero-order valence-corrected chi connectivity index (χ0v) is 11.7. The van der Waals surface area contributed by atoms with E-state index in [0.717, 1.165) is 16.6 Å². The normalized spacial score (nSPS) is 11.0. The average molecular weight is 275 g/mol. The lowest BCUT2D eigenvalue weighted by molar-refractivity contribution is 1.41. The Hall–Kier alpha value is -2.32. The summed E-state index contributed by atoms with van der Waals surface area (Å²) in [6.07, 6.45) is 6.07. The number of aromatic nitrogens is 1. The highest BCUT2D eigenvalue weighted by molar-refractivity contribution is 7.79. The summed E-state index contributed by atoms with van der Waals surface area (Å²) < 4.78 is 0. The van der Waals surface area contributed by atoms with Crippen LogP contribution >= 0.6 is 12.2 Å². The number of pyridine rings is 1. The molecule has 0 saturated heterocycles. The minimum Gasteiger partial charge on any atom is -0.256 e. The Morgan fingerprint density at radius 1 is 0.800 bits per heavy atom. The van der Waals surface area contributed by atoms with Crippen LogP contribution in [-0.4, -0.2) is 10.4 Å². The molecule has 0 amide bonds. The third-order valence-electron chi connectivity index (χ3n) is 3.21. The first-order chi connectivity index (χ1) is 9.86. The third-order valence-corrected chi connectivity index (χ3v) is 3.48. The van der Waals surface area contributed by atoms with E-state index in [4.69, 9.17) is 12.2 Å². The van der Waals surface area contributed by atoms with E-state index < -0.39 is 0 Å². The molecule has 1 aromatic heterocycles. The fourth-order valence-corrected chi connectivity index (χ4v) is 2.29. The van der Waals surface area contributed by atoms with Crippen molar-refractivity contribution < 1.29 is 0 Å². The first kappa shape index (κ1) is 12.7. The van der Waals surface area contributed by atoms with Crippen LogP contribution in [0.25, 0.3) is 23.1 Å². The molecule has 0 aliphatic rings. The first-order valence-corrected chi connectivity index (χ1v) is 6.91. The maximum Gasteiger partial charge on any atom is 0.0707 e. The largest absolute Gasteiger partial charge is 0.256 e. The van der Waals surface area contributed by atoms with E-state index in [1.54, 1.807) is 5.37 Å². The highest BCUT2D eigenvalue weighted by atomic mass is 32.1. The number of thiocarbonyl (C=S) groups is 1. The van der Waals surface area contributed by atoms with Gasteiger partial charge >= 0.3 is 0 Å². The summed E-state index contributed by atoms with van der Waals surface area (Å²) in [7, 11) is 0. The Balaban J connectivity index is 1.95. The SMILES string of the molecule is S=Cc1ccc(/C=C/c2ccnc3ccccc23)cc1. The highest BCUT2D eigenvalue weighted by Gasteiger charge is 1.97. The summed E-state index contributed by atoms with van der Waals surface area (Å²) in [4.78, 5) is 4.37. The summed E-state index contributed by atoms with van der Waals surface area (Å²) in [6, 6.07) is 18.4. The van der Waals surface area contributed by atoms with Crippen LogP contribution in [0.15, 0.2) is 60.8 Å². The van der Waals surface area contributed by atoms with E-state index in [1.807, 2.05) is 42.6 Å². The molecule has 0 radical (unpaired) electrons. The Morgan fingerprint density at radius 3 is 2.35 bits per heavy atom. The van der Waals surface area contributed by atoms with Crippen molar-refractivity contribution >= 4 is 40.6 Å². The Morgan fingerprint density at radius 2 is 1.55 bits per heavy atom. The van der Waals surface area contributed by atoms with Gasteiger partial charge in [0.05, 0.1) is 5.52 Å². The van der Waals surface area contributed by atoms with E-state index in [9.17, 15) is 0 Å². The molecular formula is C18H13NS. The molecule has 0 N–H and O–H groups in total. The van der Waals surface area contributed by atoms with E-state index >= 15 is 0 Å². The van der Waals surface area contributed by atoms with Gasteiger partial charge in [-0.1, -0.05) is 66.8 Å². The molecule has 1 heterocycles. The van der Waals surface area contributed by atoms with Gasteiger partial charge in [-0.3, -0.25) is 4.98 Å². The van der Waals surface area contributed by atoms with Crippen LogP contribution in [0.5, 0.6) is 0 Å². The molecule has 20 heavy (non-hydrogen) atoms. The minimum atomic E-state index is 1.02. The Bertz CT molecular complexity index is 768. The summed E-state index contributed by atoms with van der Waals surface area (Å²) in [5, 5.41) is 2.85. The molecule has 3 aromatic rings. The van der Waals surface area contributed by atoms with Crippen LogP contribution < -0.4 is 0 Å². The quantitative estimate of drug-likeness (QED) is 0.640. The number of rotatable bonds is 3. The van der Waals surface area contributed by atoms with Crippen LogP contribution in [0.2, 0.25) is 0 Å². The van der Waals surface area contributed by atoms with Crippen molar-refractivity contribution in [1.82, 2.24) is 4.98 Å². The van der Waals surface area contributed by atoms with Crippen molar-refractivity contribution in [3.8, 4) is 0 Å². The molecule has 1 nitrogen and oxygen atoms in total. The molecule has 0 unspecified atom stereocenters. The fraction of sp³-hybridized carbons (Fsp3) is 0. The molecule has 0 aliphatic carbocycles. The molecular weight excluding hydrogens is 262 g/mol. The van der Waals surface area contributed by atoms with Gasteiger partial charge in [0.15, 0.2) is 0 Å². The van der Waals surface area contributed by atoms with Crippen molar-refractivity contribution in [3.05, 3.63) is 77.5 Å². The van der Waals surface area contributed by atoms with E-state index in [1.165, 1.54) is 10.9 Å². The summed E-state index contributed by atoms with van der Waals surface area (Å²) >= 11 is 4.91. The second-order valence-electron chi connectivity index (χ2n) is 4.54. The predicted molar refractivity (Wildman–Crippen MR) is 89.9 cm³/mol.